The number of nitrogens with zero attached hydrogens (tertiary/aromatic N) is 1. The van der Waals surface area contributed by atoms with Crippen LogP contribution in [-0.4, -0.2) is 4.98 Å². The minimum Gasteiger partial charge on any atom is -0.305 e. The number of hydrogen-bond acceptors (Lipinski definition) is 1. The molecule has 0 aliphatic heterocycles. The average molecular weight is 449 g/mol. The van der Waals surface area contributed by atoms with E-state index in [-0.39, 0.29) is 32.2 Å². The van der Waals surface area contributed by atoms with E-state index in [4.69, 9.17) is 2.74 Å². The second-order valence-corrected chi connectivity index (χ2v) is 4.71. The van der Waals surface area contributed by atoms with E-state index in [0.29, 0.717) is 5.69 Å². The molecule has 1 aromatic heterocycles. The molecule has 3 aromatic carbocycles. The van der Waals surface area contributed by atoms with E-state index in [1.807, 2.05) is 24.3 Å². The maximum Gasteiger partial charge on any atom is 0.0638 e. The van der Waals surface area contributed by atoms with Gasteiger partial charge in [-0.15, -0.1) is 29.1 Å². The van der Waals surface area contributed by atoms with Gasteiger partial charge in [-0.3, -0.25) is 0 Å². The van der Waals surface area contributed by atoms with Gasteiger partial charge in [0.25, 0.3) is 0 Å². The molecule has 0 saturated heterocycles. The smallest absolute Gasteiger partial charge is 0.0638 e. The summed E-state index contributed by atoms with van der Waals surface area (Å²) in [5.74, 6) is 0. The van der Waals surface area contributed by atoms with Gasteiger partial charge in [0, 0.05) is 26.3 Å². The molecule has 1 radical (unpaired) electrons. The molecule has 0 amide bonds. The van der Waals surface area contributed by atoms with Gasteiger partial charge in [-0.25, -0.2) is 0 Å². The minimum atomic E-state index is 0. The Kier molecular flexibility index (Phi) is 3.19. The van der Waals surface area contributed by atoms with Crippen LogP contribution < -0.4 is 0 Å². The number of rotatable bonds is 1. The van der Waals surface area contributed by atoms with E-state index in [9.17, 15) is 0 Å². The van der Waals surface area contributed by atoms with E-state index in [1.54, 1.807) is 6.07 Å². The van der Waals surface area contributed by atoms with Crippen LogP contribution >= 0.6 is 0 Å². The molecule has 2 heteroatoms. The fourth-order valence-electron chi connectivity index (χ4n) is 2.53. The zero-order chi connectivity index (χ0) is 15.1. The van der Waals surface area contributed by atoms with Crippen molar-refractivity contribution >= 4 is 21.5 Å². The van der Waals surface area contributed by atoms with Crippen LogP contribution in [0.5, 0.6) is 0 Å². The normalized spacial score (nSPS) is 11.8. The SMILES string of the molecule is [2H]c1cnc(-c2[c-]cc3c(ccc4ccccc43)c2)cc1[2H].[Ir]. The van der Waals surface area contributed by atoms with Crippen molar-refractivity contribution < 1.29 is 22.8 Å². The molecule has 0 spiro atoms. The van der Waals surface area contributed by atoms with Crippen molar-refractivity contribution in [1.82, 2.24) is 4.98 Å². The Bertz CT molecular complexity index is 1010. The van der Waals surface area contributed by atoms with Gasteiger partial charge in [-0.05, 0) is 17.1 Å². The number of fused-ring (bicyclic) bond motifs is 3. The standard InChI is InChI=1S/C19H12N.Ir/c1-2-6-17-14(5-1)8-9-15-13-16(10-11-18(15)17)19-7-3-4-12-20-19;/h1-9,11-13H;/q-1;/i3D,4D;. The summed E-state index contributed by atoms with van der Waals surface area (Å²) >= 11 is 0. The first kappa shape index (κ1) is 11.6. The van der Waals surface area contributed by atoms with Gasteiger partial charge in [0.1, 0.15) is 0 Å². The van der Waals surface area contributed by atoms with Gasteiger partial charge in [0.15, 0.2) is 0 Å². The van der Waals surface area contributed by atoms with E-state index >= 15 is 0 Å². The van der Waals surface area contributed by atoms with E-state index in [2.05, 4.69) is 35.3 Å². The monoisotopic (exact) mass is 449 g/mol. The van der Waals surface area contributed by atoms with Gasteiger partial charge in [0.05, 0.1) is 2.74 Å². The van der Waals surface area contributed by atoms with Crippen LogP contribution in [0.4, 0.5) is 0 Å². The molecule has 0 fully saturated rings. The summed E-state index contributed by atoms with van der Waals surface area (Å²) in [6.45, 7) is 0. The van der Waals surface area contributed by atoms with Gasteiger partial charge >= 0.3 is 0 Å². The predicted molar refractivity (Wildman–Crippen MR) is 83.5 cm³/mol. The molecule has 4 rings (SSSR count). The summed E-state index contributed by atoms with van der Waals surface area (Å²) < 4.78 is 15.3. The third kappa shape index (κ3) is 2.49. The van der Waals surface area contributed by atoms with Crippen LogP contribution in [0.15, 0.2) is 72.9 Å². The molecular formula is C19H12IrN-. The molecule has 0 saturated carbocycles. The second-order valence-electron chi connectivity index (χ2n) is 4.71. The van der Waals surface area contributed by atoms with E-state index < -0.39 is 0 Å². The van der Waals surface area contributed by atoms with Gasteiger partial charge in [0.2, 0.25) is 0 Å². The first-order chi connectivity index (χ1) is 10.7. The van der Waals surface area contributed by atoms with Crippen molar-refractivity contribution in [3.05, 3.63) is 78.9 Å². The Labute approximate surface area is 139 Å². The summed E-state index contributed by atoms with van der Waals surface area (Å²) in [5.41, 5.74) is 1.52. The third-order valence-corrected chi connectivity index (χ3v) is 3.51. The van der Waals surface area contributed by atoms with E-state index in [1.165, 1.54) is 17.0 Å². The first-order valence-electron chi connectivity index (χ1n) is 7.49. The summed E-state index contributed by atoms with van der Waals surface area (Å²) in [6.07, 6.45) is 1.41. The zero-order valence-electron chi connectivity index (χ0n) is 13.1. The fourth-order valence-corrected chi connectivity index (χ4v) is 2.53. The Hall–Kier alpha value is -2.02. The Morgan fingerprint density at radius 1 is 0.905 bits per heavy atom. The molecule has 4 aromatic rings. The van der Waals surface area contributed by atoms with Crippen LogP contribution in [0.2, 0.25) is 0 Å². The number of aromatic nitrogens is 1. The van der Waals surface area contributed by atoms with Crippen LogP contribution in [0.25, 0.3) is 32.8 Å². The minimum absolute atomic E-state index is 0. The zero-order valence-corrected chi connectivity index (χ0v) is 13.4. The Balaban J connectivity index is 0.00000156. The van der Waals surface area contributed by atoms with Crippen LogP contribution in [0, 0.1) is 6.07 Å². The van der Waals surface area contributed by atoms with Crippen molar-refractivity contribution in [2.45, 2.75) is 0 Å². The Morgan fingerprint density at radius 3 is 2.67 bits per heavy atom. The molecule has 0 aliphatic rings. The van der Waals surface area contributed by atoms with Crippen molar-refractivity contribution in [1.29, 1.82) is 0 Å². The topological polar surface area (TPSA) is 12.9 Å². The molecular weight excluding hydrogens is 434 g/mol. The summed E-state index contributed by atoms with van der Waals surface area (Å²) in [4.78, 5) is 4.24. The molecule has 21 heavy (non-hydrogen) atoms. The Morgan fingerprint density at radius 2 is 1.76 bits per heavy atom. The summed E-state index contributed by atoms with van der Waals surface area (Å²) in [6, 6.07) is 21.7. The molecule has 0 N–H and O–H groups in total. The van der Waals surface area contributed by atoms with Gasteiger partial charge in [-0.2, -0.15) is 0 Å². The molecule has 0 unspecified atom stereocenters. The second kappa shape index (κ2) is 5.77. The van der Waals surface area contributed by atoms with E-state index in [0.717, 1.165) is 16.3 Å². The molecule has 1 nitrogen and oxygen atoms in total. The number of benzene rings is 3. The van der Waals surface area contributed by atoms with Gasteiger partial charge in [-0.1, -0.05) is 59.3 Å². The number of hydrogen-bond donors (Lipinski definition) is 0. The van der Waals surface area contributed by atoms with Crippen LogP contribution in [0.3, 0.4) is 0 Å². The summed E-state index contributed by atoms with van der Waals surface area (Å²) in [7, 11) is 0. The first-order valence-corrected chi connectivity index (χ1v) is 6.49. The van der Waals surface area contributed by atoms with Gasteiger partial charge < -0.3 is 4.98 Å². The van der Waals surface area contributed by atoms with Crippen molar-refractivity contribution in [3.63, 3.8) is 0 Å². The van der Waals surface area contributed by atoms with Crippen molar-refractivity contribution in [2.24, 2.45) is 0 Å². The van der Waals surface area contributed by atoms with Crippen LogP contribution in [0.1, 0.15) is 2.74 Å². The van der Waals surface area contributed by atoms with Crippen molar-refractivity contribution in [3.8, 4) is 11.3 Å². The molecule has 1 heterocycles. The third-order valence-electron chi connectivity index (χ3n) is 3.51. The van der Waals surface area contributed by atoms with Crippen LogP contribution in [-0.2, 0) is 20.1 Å². The molecule has 103 valence electrons. The summed E-state index contributed by atoms with van der Waals surface area (Å²) in [5, 5.41) is 4.69. The largest absolute Gasteiger partial charge is 0.305 e. The molecule has 0 atom stereocenters. The maximum absolute atomic E-state index is 7.74. The molecule has 0 bridgehead atoms. The molecule has 0 aliphatic carbocycles. The van der Waals surface area contributed by atoms with Crippen molar-refractivity contribution in [2.75, 3.05) is 0 Å². The maximum atomic E-state index is 7.74. The predicted octanol–water partition coefficient (Wildman–Crippen LogP) is 4.85. The number of pyridine rings is 1. The fraction of sp³-hybridized carbons (Fsp3) is 0. The quantitative estimate of drug-likeness (QED) is 0.300. The average Bonchev–Trinajstić information content (AvgIpc) is 2.56.